The first-order valence-corrected chi connectivity index (χ1v) is 10.4. The Bertz CT molecular complexity index is 1160. The van der Waals surface area contributed by atoms with Crippen molar-refractivity contribution >= 4 is 28.0 Å². The molecule has 5 rings (SSSR count). The molecule has 0 bridgehead atoms. The number of carbonyl (C=O) groups is 1. The van der Waals surface area contributed by atoms with Crippen LogP contribution in [-0.4, -0.2) is 56.6 Å². The molecule has 0 atom stereocenters. The fourth-order valence-corrected chi connectivity index (χ4v) is 4.30. The number of anilines is 1. The number of piperazine rings is 1. The number of amides is 1. The lowest BCUT2D eigenvalue weighted by Gasteiger charge is -2.34. The molecule has 1 aromatic carbocycles. The minimum absolute atomic E-state index is 0.0462. The van der Waals surface area contributed by atoms with Crippen molar-refractivity contribution in [2.45, 2.75) is 6.92 Å². The highest BCUT2D eigenvalue weighted by atomic mass is 32.1. The Kier molecular flexibility index (Phi) is 4.48. The van der Waals surface area contributed by atoms with Crippen molar-refractivity contribution < 1.29 is 4.79 Å². The van der Waals surface area contributed by atoms with E-state index in [0.717, 1.165) is 40.1 Å². The number of hydrogen-bond acceptors (Lipinski definition) is 6. The Morgan fingerprint density at radius 2 is 1.83 bits per heavy atom. The molecule has 1 aliphatic heterocycles. The summed E-state index contributed by atoms with van der Waals surface area (Å²) in [5.41, 5.74) is 3.41. The van der Waals surface area contributed by atoms with Crippen LogP contribution in [0.3, 0.4) is 0 Å². The van der Waals surface area contributed by atoms with Gasteiger partial charge in [-0.15, -0.1) is 10.2 Å². The summed E-state index contributed by atoms with van der Waals surface area (Å²) in [7, 11) is 0. The zero-order valence-electron chi connectivity index (χ0n) is 16.0. The van der Waals surface area contributed by atoms with Gasteiger partial charge in [-0.3, -0.25) is 4.79 Å². The monoisotopic (exact) mass is 404 g/mol. The van der Waals surface area contributed by atoms with Crippen LogP contribution in [0.15, 0.2) is 54.9 Å². The largest absolute Gasteiger partial charge is 0.343 e. The first kappa shape index (κ1) is 17.8. The molecular weight excluding hydrogens is 384 g/mol. The lowest BCUT2D eigenvalue weighted by Crippen LogP contribution is -2.48. The van der Waals surface area contributed by atoms with E-state index in [1.165, 1.54) is 0 Å². The van der Waals surface area contributed by atoms with Crippen LogP contribution in [0.2, 0.25) is 0 Å². The molecule has 4 heterocycles. The second kappa shape index (κ2) is 7.29. The third kappa shape index (κ3) is 3.47. The number of imidazole rings is 1. The molecule has 7 nitrogen and oxygen atoms in total. The number of pyridine rings is 1. The van der Waals surface area contributed by atoms with Crippen LogP contribution < -0.4 is 4.90 Å². The number of fused-ring (bicyclic) bond motifs is 1. The molecule has 0 radical (unpaired) electrons. The van der Waals surface area contributed by atoms with Gasteiger partial charge in [0.1, 0.15) is 10.7 Å². The SMILES string of the molecule is Cc1nnc(N2CCN(C(=O)c3ccn4cc(-c5ccccc5)nc4c3)CC2)s1. The van der Waals surface area contributed by atoms with Gasteiger partial charge in [0, 0.05) is 49.7 Å². The van der Waals surface area contributed by atoms with E-state index in [0.29, 0.717) is 18.7 Å². The Balaban J connectivity index is 1.32. The average molecular weight is 404 g/mol. The predicted octanol–water partition coefficient (Wildman–Crippen LogP) is 3.12. The van der Waals surface area contributed by atoms with Crippen LogP contribution >= 0.6 is 11.3 Å². The van der Waals surface area contributed by atoms with Crippen LogP contribution in [0.5, 0.6) is 0 Å². The maximum Gasteiger partial charge on any atom is 0.254 e. The summed E-state index contributed by atoms with van der Waals surface area (Å²) in [6.45, 7) is 4.84. The van der Waals surface area contributed by atoms with E-state index in [9.17, 15) is 4.79 Å². The van der Waals surface area contributed by atoms with Crippen molar-refractivity contribution in [3.05, 3.63) is 65.4 Å². The van der Waals surface area contributed by atoms with E-state index in [1.54, 1.807) is 11.3 Å². The predicted molar refractivity (Wildman–Crippen MR) is 113 cm³/mol. The van der Waals surface area contributed by atoms with E-state index < -0.39 is 0 Å². The fourth-order valence-electron chi connectivity index (χ4n) is 3.56. The van der Waals surface area contributed by atoms with Gasteiger partial charge in [-0.25, -0.2) is 4.98 Å². The summed E-state index contributed by atoms with van der Waals surface area (Å²) in [4.78, 5) is 21.8. The lowest BCUT2D eigenvalue weighted by atomic mass is 10.2. The number of rotatable bonds is 3. The van der Waals surface area contributed by atoms with E-state index >= 15 is 0 Å². The van der Waals surface area contributed by atoms with Crippen LogP contribution in [0.1, 0.15) is 15.4 Å². The van der Waals surface area contributed by atoms with Crippen LogP contribution in [0.25, 0.3) is 16.9 Å². The molecule has 4 aromatic rings. The summed E-state index contributed by atoms with van der Waals surface area (Å²) >= 11 is 1.59. The quantitative estimate of drug-likeness (QED) is 0.525. The highest BCUT2D eigenvalue weighted by Crippen LogP contribution is 2.22. The van der Waals surface area contributed by atoms with Crippen LogP contribution in [-0.2, 0) is 0 Å². The minimum Gasteiger partial charge on any atom is -0.343 e. The summed E-state index contributed by atoms with van der Waals surface area (Å²) in [6.07, 6.45) is 3.89. The molecule has 8 heteroatoms. The molecule has 0 saturated carbocycles. The number of carbonyl (C=O) groups excluding carboxylic acids is 1. The Morgan fingerprint density at radius 3 is 2.55 bits per heavy atom. The van der Waals surface area contributed by atoms with E-state index in [1.807, 2.05) is 71.1 Å². The lowest BCUT2D eigenvalue weighted by molar-refractivity contribution is 0.0746. The van der Waals surface area contributed by atoms with Crippen molar-refractivity contribution in [3.8, 4) is 11.3 Å². The maximum atomic E-state index is 13.0. The molecule has 1 aliphatic rings. The third-order valence-electron chi connectivity index (χ3n) is 5.13. The molecule has 0 aliphatic carbocycles. The second-order valence-electron chi connectivity index (χ2n) is 7.06. The van der Waals surface area contributed by atoms with Crippen molar-refractivity contribution in [1.82, 2.24) is 24.5 Å². The topological polar surface area (TPSA) is 66.6 Å². The first-order chi connectivity index (χ1) is 14.2. The van der Waals surface area contributed by atoms with E-state index in [2.05, 4.69) is 15.1 Å². The zero-order chi connectivity index (χ0) is 19.8. The highest BCUT2D eigenvalue weighted by molar-refractivity contribution is 7.15. The van der Waals surface area contributed by atoms with Gasteiger partial charge in [-0.1, -0.05) is 41.7 Å². The normalized spacial score (nSPS) is 14.5. The van der Waals surface area contributed by atoms with Crippen molar-refractivity contribution in [1.29, 1.82) is 0 Å². The van der Waals surface area contributed by atoms with Gasteiger partial charge < -0.3 is 14.2 Å². The Labute approximate surface area is 172 Å². The maximum absolute atomic E-state index is 13.0. The van der Waals surface area contributed by atoms with Gasteiger partial charge in [0.15, 0.2) is 0 Å². The molecule has 0 N–H and O–H groups in total. The summed E-state index contributed by atoms with van der Waals surface area (Å²) in [5.74, 6) is 0.0462. The summed E-state index contributed by atoms with van der Waals surface area (Å²) < 4.78 is 1.95. The minimum atomic E-state index is 0.0462. The second-order valence-corrected chi connectivity index (χ2v) is 8.22. The number of benzene rings is 1. The molecule has 29 heavy (non-hydrogen) atoms. The summed E-state index contributed by atoms with van der Waals surface area (Å²) in [6, 6.07) is 13.8. The molecule has 146 valence electrons. The highest BCUT2D eigenvalue weighted by Gasteiger charge is 2.24. The molecule has 1 fully saturated rings. The van der Waals surface area contributed by atoms with Gasteiger partial charge in [-0.2, -0.15) is 0 Å². The number of aromatic nitrogens is 4. The van der Waals surface area contributed by atoms with Gasteiger partial charge >= 0.3 is 0 Å². The van der Waals surface area contributed by atoms with Crippen molar-refractivity contribution in [3.63, 3.8) is 0 Å². The Morgan fingerprint density at radius 1 is 1.03 bits per heavy atom. The molecule has 0 spiro atoms. The number of hydrogen-bond donors (Lipinski definition) is 0. The summed E-state index contributed by atoms with van der Waals surface area (Å²) in [5, 5.41) is 10.2. The number of aryl methyl sites for hydroxylation is 1. The molecule has 1 saturated heterocycles. The van der Waals surface area contributed by atoms with Gasteiger partial charge in [0.2, 0.25) is 5.13 Å². The van der Waals surface area contributed by atoms with Crippen molar-refractivity contribution in [2.24, 2.45) is 0 Å². The van der Waals surface area contributed by atoms with Crippen LogP contribution in [0, 0.1) is 6.92 Å². The third-order valence-corrected chi connectivity index (χ3v) is 6.03. The average Bonchev–Trinajstić information content (AvgIpc) is 3.39. The van der Waals surface area contributed by atoms with Gasteiger partial charge in [-0.05, 0) is 19.1 Å². The van der Waals surface area contributed by atoms with Gasteiger partial charge in [0.05, 0.1) is 5.69 Å². The fraction of sp³-hybridized carbons (Fsp3) is 0.238. The molecular formula is C21H20N6OS. The van der Waals surface area contributed by atoms with Crippen molar-refractivity contribution in [2.75, 3.05) is 31.1 Å². The zero-order valence-corrected chi connectivity index (χ0v) is 16.8. The van der Waals surface area contributed by atoms with Crippen LogP contribution in [0.4, 0.5) is 5.13 Å². The van der Waals surface area contributed by atoms with Gasteiger partial charge in [0.25, 0.3) is 5.91 Å². The number of nitrogens with zero attached hydrogens (tertiary/aromatic N) is 6. The first-order valence-electron chi connectivity index (χ1n) is 9.56. The molecule has 1 amide bonds. The standard InChI is InChI=1S/C21H20N6OS/c1-15-23-24-21(29-15)26-11-9-25(10-12-26)20(28)17-7-8-27-14-18(22-19(27)13-17)16-5-3-2-4-6-16/h2-8,13-14H,9-12H2,1H3. The Hall–Kier alpha value is -3.26. The molecule has 0 unspecified atom stereocenters. The smallest absolute Gasteiger partial charge is 0.254 e. The van der Waals surface area contributed by atoms with E-state index in [-0.39, 0.29) is 5.91 Å². The van der Waals surface area contributed by atoms with E-state index in [4.69, 9.17) is 4.98 Å². The molecule has 3 aromatic heterocycles.